The summed E-state index contributed by atoms with van der Waals surface area (Å²) in [6.45, 7) is 0.499. The highest BCUT2D eigenvalue weighted by Crippen LogP contribution is 2.33. The molecule has 19 heavy (non-hydrogen) atoms. The predicted molar refractivity (Wildman–Crippen MR) is 80.1 cm³/mol. The molecule has 2 N–H and O–H groups in total. The van der Waals surface area contributed by atoms with E-state index in [0.717, 1.165) is 32.5 Å². The number of hydrogen-bond acceptors (Lipinski definition) is 2. The second kappa shape index (κ2) is 5.00. The van der Waals surface area contributed by atoms with Crippen LogP contribution >= 0.6 is 11.6 Å². The van der Waals surface area contributed by atoms with E-state index in [1.54, 1.807) is 6.20 Å². The van der Waals surface area contributed by atoms with E-state index in [9.17, 15) is 0 Å². The SMILES string of the molecule is NCc1ccc(-c2cccc3cnccc23)c(Cl)c1. The number of fused-ring (bicyclic) bond motifs is 1. The fourth-order valence-corrected chi connectivity index (χ4v) is 2.57. The molecule has 0 spiro atoms. The Hall–Kier alpha value is -1.90. The molecule has 3 rings (SSSR count). The molecule has 0 bridgehead atoms. The van der Waals surface area contributed by atoms with Gasteiger partial charge < -0.3 is 5.73 Å². The Morgan fingerprint density at radius 2 is 1.95 bits per heavy atom. The molecule has 1 aromatic heterocycles. The monoisotopic (exact) mass is 268 g/mol. The average molecular weight is 269 g/mol. The van der Waals surface area contributed by atoms with Gasteiger partial charge in [0.25, 0.3) is 0 Å². The maximum absolute atomic E-state index is 6.37. The van der Waals surface area contributed by atoms with Crippen LogP contribution in [0.4, 0.5) is 0 Å². The Kier molecular flexibility index (Phi) is 3.20. The van der Waals surface area contributed by atoms with Gasteiger partial charge in [-0.2, -0.15) is 0 Å². The van der Waals surface area contributed by atoms with Crippen LogP contribution in [0.5, 0.6) is 0 Å². The molecule has 0 radical (unpaired) electrons. The third-order valence-corrected chi connectivity index (χ3v) is 3.55. The molecule has 2 nitrogen and oxygen atoms in total. The van der Waals surface area contributed by atoms with Gasteiger partial charge >= 0.3 is 0 Å². The van der Waals surface area contributed by atoms with Gasteiger partial charge in [0.15, 0.2) is 0 Å². The molecule has 2 aromatic carbocycles. The second-order valence-corrected chi connectivity index (χ2v) is 4.83. The Balaban J connectivity index is 2.24. The topological polar surface area (TPSA) is 38.9 Å². The summed E-state index contributed by atoms with van der Waals surface area (Å²) in [5.74, 6) is 0. The number of halogens is 1. The van der Waals surface area contributed by atoms with Gasteiger partial charge in [-0.05, 0) is 28.6 Å². The van der Waals surface area contributed by atoms with Crippen molar-refractivity contribution in [1.29, 1.82) is 0 Å². The van der Waals surface area contributed by atoms with Crippen molar-refractivity contribution in [2.45, 2.75) is 6.54 Å². The van der Waals surface area contributed by atoms with Crippen molar-refractivity contribution in [3.8, 4) is 11.1 Å². The van der Waals surface area contributed by atoms with Crippen molar-refractivity contribution >= 4 is 22.4 Å². The molecule has 0 saturated heterocycles. The van der Waals surface area contributed by atoms with Crippen LogP contribution in [0, 0.1) is 0 Å². The molecule has 0 fully saturated rings. The van der Waals surface area contributed by atoms with Crippen molar-refractivity contribution in [2.24, 2.45) is 5.73 Å². The Bertz CT molecular complexity index is 732. The molecule has 1 heterocycles. The van der Waals surface area contributed by atoms with Crippen molar-refractivity contribution in [3.63, 3.8) is 0 Å². The van der Waals surface area contributed by atoms with E-state index in [0.29, 0.717) is 6.54 Å². The zero-order valence-electron chi connectivity index (χ0n) is 10.3. The Labute approximate surface area is 116 Å². The third-order valence-electron chi connectivity index (χ3n) is 3.24. The van der Waals surface area contributed by atoms with E-state index in [2.05, 4.69) is 11.1 Å². The minimum atomic E-state index is 0.499. The summed E-state index contributed by atoms with van der Waals surface area (Å²) in [5, 5.41) is 2.99. The first-order chi connectivity index (χ1) is 9.29. The number of nitrogens with zero attached hydrogens (tertiary/aromatic N) is 1. The average Bonchev–Trinajstić information content (AvgIpc) is 2.46. The first kappa shape index (κ1) is 12.2. The summed E-state index contributed by atoms with van der Waals surface area (Å²) in [5.41, 5.74) is 8.81. The maximum Gasteiger partial charge on any atom is 0.0487 e. The van der Waals surface area contributed by atoms with Crippen LogP contribution in [0.3, 0.4) is 0 Å². The van der Waals surface area contributed by atoms with Gasteiger partial charge in [0.05, 0.1) is 0 Å². The predicted octanol–water partition coefficient (Wildman–Crippen LogP) is 4.01. The standard InChI is InChI=1S/C16H13ClN2/c17-16-8-11(9-18)4-5-15(16)14-3-1-2-12-10-19-7-6-13(12)14/h1-8,10H,9,18H2. The molecule has 0 aliphatic heterocycles. The van der Waals surface area contributed by atoms with Gasteiger partial charge in [-0.3, -0.25) is 4.98 Å². The van der Waals surface area contributed by atoms with Gasteiger partial charge in [0.1, 0.15) is 0 Å². The first-order valence-corrected chi connectivity index (χ1v) is 6.49. The molecule has 0 aliphatic carbocycles. The summed E-state index contributed by atoms with van der Waals surface area (Å²) < 4.78 is 0. The summed E-state index contributed by atoms with van der Waals surface area (Å²) >= 11 is 6.37. The Morgan fingerprint density at radius 1 is 1.05 bits per heavy atom. The van der Waals surface area contributed by atoms with Gasteiger partial charge in [0.2, 0.25) is 0 Å². The lowest BCUT2D eigenvalue weighted by Gasteiger charge is -2.09. The van der Waals surface area contributed by atoms with Gasteiger partial charge in [0, 0.05) is 34.9 Å². The van der Waals surface area contributed by atoms with Crippen LogP contribution in [-0.4, -0.2) is 4.98 Å². The number of aromatic nitrogens is 1. The molecule has 0 atom stereocenters. The lowest BCUT2D eigenvalue weighted by atomic mass is 9.98. The first-order valence-electron chi connectivity index (χ1n) is 6.11. The number of benzene rings is 2. The zero-order chi connectivity index (χ0) is 13.2. The Morgan fingerprint density at radius 3 is 2.74 bits per heavy atom. The molecule has 94 valence electrons. The van der Waals surface area contributed by atoms with Crippen molar-refractivity contribution in [2.75, 3.05) is 0 Å². The minimum absolute atomic E-state index is 0.499. The molecule has 0 saturated carbocycles. The van der Waals surface area contributed by atoms with Gasteiger partial charge in [-0.15, -0.1) is 0 Å². The molecule has 3 aromatic rings. The van der Waals surface area contributed by atoms with Crippen molar-refractivity contribution in [3.05, 3.63) is 65.4 Å². The smallest absolute Gasteiger partial charge is 0.0487 e. The van der Waals surface area contributed by atoms with Gasteiger partial charge in [-0.1, -0.05) is 41.9 Å². The normalized spacial score (nSPS) is 10.8. The fourth-order valence-electron chi connectivity index (χ4n) is 2.26. The molecular formula is C16H13ClN2. The highest BCUT2D eigenvalue weighted by atomic mass is 35.5. The summed E-state index contributed by atoms with van der Waals surface area (Å²) in [4.78, 5) is 4.15. The van der Waals surface area contributed by atoms with Crippen molar-refractivity contribution in [1.82, 2.24) is 4.98 Å². The summed E-state index contributed by atoms with van der Waals surface area (Å²) in [6, 6.07) is 14.1. The van der Waals surface area contributed by atoms with Gasteiger partial charge in [-0.25, -0.2) is 0 Å². The van der Waals surface area contributed by atoms with E-state index < -0.39 is 0 Å². The van der Waals surface area contributed by atoms with E-state index >= 15 is 0 Å². The number of hydrogen-bond donors (Lipinski definition) is 1. The molecule has 0 aliphatic rings. The van der Waals surface area contributed by atoms with Crippen LogP contribution in [0.25, 0.3) is 21.9 Å². The highest BCUT2D eigenvalue weighted by molar-refractivity contribution is 6.33. The minimum Gasteiger partial charge on any atom is -0.326 e. The molecule has 0 amide bonds. The quantitative estimate of drug-likeness (QED) is 0.763. The highest BCUT2D eigenvalue weighted by Gasteiger charge is 2.07. The number of pyridine rings is 1. The number of rotatable bonds is 2. The maximum atomic E-state index is 6.37. The van der Waals surface area contributed by atoms with Crippen LogP contribution < -0.4 is 5.73 Å². The van der Waals surface area contributed by atoms with Crippen LogP contribution in [0.15, 0.2) is 54.9 Å². The lowest BCUT2D eigenvalue weighted by Crippen LogP contribution is -1.96. The van der Waals surface area contributed by atoms with E-state index in [1.165, 1.54) is 0 Å². The second-order valence-electron chi connectivity index (χ2n) is 4.42. The van der Waals surface area contributed by atoms with Crippen LogP contribution in [0.1, 0.15) is 5.56 Å². The van der Waals surface area contributed by atoms with Crippen LogP contribution in [0.2, 0.25) is 5.02 Å². The van der Waals surface area contributed by atoms with E-state index in [-0.39, 0.29) is 0 Å². The summed E-state index contributed by atoms with van der Waals surface area (Å²) in [6.07, 6.45) is 3.66. The van der Waals surface area contributed by atoms with E-state index in [1.807, 2.05) is 42.6 Å². The van der Waals surface area contributed by atoms with Crippen LogP contribution in [-0.2, 0) is 6.54 Å². The van der Waals surface area contributed by atoms with Crippen molar-refractivity contribution < 1.29 is 0 Å². The fraction of sp³-hybridized carbons (Fsp3) is 0.0625. The summed E-state index contributed by atoms with van der Waals surface area (Å²) in [7, 11) is 0. The van der Waals surface area contributed by atoms with E-state index in [4.69, 9.17) is 17.3 Å². The molecule has 0 unspecified atom stereocenters. The lowest BCUT2D eigenvalue weighted by molar-refractivity contribution is 1.07. The number of nitrogens with two attached hydrogens (primary N) is 1. The zero-order valence-corrected chi connectivity index (χ0v) is 11.1. The molecule has 3 heteroatoms. The largest absolute Gasteiger partial charge is 0.326 e. The molecular weight excluding hydrogens is 256 g/mol. The third kappa shape index (κ3) is 2.21.